The number of aromatic nitrogens is 1. The quantitative estimate of drug-likeness (QED) is 0.834. The van der Waals surface area contributed by atoms with Crippen LogP contribution in [0.2, 0.25) is 0 Å². The largest absolute Gasteiger partial charge is 0.357 e. The standard InChI is InChI=1S/C16H18N2O/c1-10(19)12-8-17-9-16(2,3)14-11-6-4-5-7-13(11)18-15(12)14/h4-8,12,18H,9H2,1-3H3. The summed E-state index contributed by atoms with van der Waals surface area (Å²) in [5.41, 5.74) is 3.29. The molecule has 1 N–H and O–H groups in total. The number of para-hydroxylation sites is 1. The van der Waals surface area contributed by atoms with Crippen LogP contribution >= 0.6 is 0 Å². The molecule has 0 saturated heterocycles. The molecule has 0 radical (unpaired) electrons. The molecule has 1 atom stereocenters. The Morgan fingerprint density at radius 1 is 1.37 bits per heavy atom. The van der Waals surface area contributed by atoms with Crippen molar-refractivity contribution in [1.82, 2.24) is 4.98 Å². The van der Waals surface area contributed by atoms with Gasteiger partial charge in [-0.25, -0.2) is 0 Å². The molecule has 0 amide bonds. The van der Waals surface area contributed by atoms with E-state index in [-0.39, 0.29) is 17.1 Å². The van der Waals surface area contributed by atoms with E-state index in [1.807, 2.05) is 12.1 Å². The summed E-state index contributed by atoms with van der Waals surface area (Å²) in [5, 5.41) is 1.21. The van der Waals surface area contributed by atoms with Gasteiger partial charge in [0.1, 0.15) is 5.78 Å². The number of fused-ring (bicyclic) bond motifs is 3. The second-order valence-electron chi connectivity index (χ2n) is 5.92. The Labute approximate surface area is 112 Å². The monoisotopic (exact) mass is 254 g/mol. The van der Waals surface area contributed by atoms with E-state index in [0.29, 0.717) is 6.54 Å². The number of carbonyl (C=O) groups excluding carboxylic acids is 1. The number of Topliss-reactive ketones (excluding diaryl/α,β-unsaturated/α-hetero) is 1. The molecule has 0 spiro atoms. The predicted octanol–water partition coefficient (Wildman–Crippen LogP) is 3.20. The highest BCUT2D eigenvalue weighted by molar-refractivity contribution is 6.01. The molecule has 3 heteroatoms. The number of hydrogen-bond acceptors (Lipinski definition) is 2. The van der Waals surface area contributed by atoms with Crippen LogP contribution in [0.4, 0.5) is 0 Å². The van der Waals surface area contributed by atoms with Crippen LogP contribution in [-0.2, 0) is 10.2 Å². The Kier molecular flexibility index (Phi) is 2.59. The van der Waals surface area contributed by atoms with Crippen molar-refractivity contribution < 1.29 is 4.79 Å². The fraction of sp³-hybridized carbons (Fsp3) is 0.375. The zero-order chi connectivity index (χ0) is 13.6. The van der Waals surface area contributed by atoms with Gasteiger partial charge in [-0.1, -0.05) is 32.0 Å². The molecule has 1 aliphatic heterocycles. The van der Waals surface area contributed by atoms with Crippen molar-refractivity contribution in [3.63, 3.8) is 0 Å². The first-order valence-corrected chi connectivity index (χ1v) is 6.62. The van der Waals surface area contributed by atoms with E-state index < -0.39 is 0 Å². The number of H-pyrrole nitrogens is 1. The van der Waals surface area contributed by atoms with Crippen LogP contribution in [0.1, 0.15) is 37.9 Å². The van der Waals surface area contributed by atoms with Gasteiger partial charge in [0.25, 0.3) is 0 Å². The number of hydrogen-bond donors (Lipinski definition) is 1. The third-order valence-corrected chi connectivity index (χ3v) is 3.90. The number of aliphatic imine (C=N–C) groups is 1. The maximum Gasteiger partial charge on any atom is 0.144 e. The zero-order valence-corrected chi connectivity index (χ0v) is 11.5. The Morgan fingerprint density at radius 2 is 2.11 bits per heavy atom. The van der Waals surface area contributed by atoms with Crippen molar-refractivity contribution >= 4 is 22.9 Å². The Bertz CT molecular complexity index is 679. The summed E-state index contributed by atoms with van der Waals surface area (Å²) in [6.45, 7) is 6.72. The van der Waals surface area contributed by atoms with Crippen LogP contribution in [0.5, 0.6) is 0 Å². The molecular weight excluding hydrogens is 236 g/mol. The molecule has 19 heavy (non-hydrogen) atoms. The smallest absolute Gasteiger partial charge is 0.144 e. The van der Waals surface area contributed by atoms with Crippen molar-refractivity contribution in [3.8, 4) is 0 Å². The molecular formula is C16H18N2O. The average molecular weight is 254 g/mol. The predicted molar refractivity (Wildman–Crippen MR) is 78.1 cm³/mol. The normalized spacial score (nSPS) is 21.1. The van der Waals surface area contributed by atoms with Gasteiger partial charge in [-0.3, -0.25) is 9.79 Å². The SMILES string of the molecule is CC(=O)C1C=NCC(C)(C)c2c1[nH]c1ccccc21. The summed E-state index contributed by atoms with van der Waals surface area (Å²) in [7, 11) is 0. The lowest BCUT2D eigenvalue weighted by Gasteiger charge is -2.23. The minimum Gasteiger partial charge on any atom is -0.357 e. The first-order valence-electron chi connectivity index (χ1n) is 6.62. The van der Waals surface area contributed by atoms with E-state index >= 15 is 0 Å². The lowest BCUT2D eigenvalue weighted by atomic mass is 9.81. The second-order valence-corrected chi connectivity index (χ2v) is 5.92. The third-order valence-electron chi connectivity index (χ3n) is 3.90. The number of aromatic amines is 1. The highest BCUT2D eigenvalue weighted by atomic mass is 16.1. The molecule has 1 aliphatic rings. The molecule has 1 aromatic heterocycles. The van der Waals surface area contributed by atoms with Crippen LogP contribution in [0.15, 0.2) is 29.3 Å². The lowest BCUT2D eigenvalue weighted by molar-refractivity contribution is -0.117. The third kappa shape index (κ3) is 1.81. The lowest BCUT2D eigenvalue weighted by Crippen LogP contribution is -2.22. The number of carbonyl (C=O) groups is 1. The van der Waals surface area contributed by atoms with Crippen molar-refractivity contribution in [2.24, 2.45) is 4.99 Å². The molecule has 3 nitrogen and oxygen atoms in total. The van der Waals surface area contributed by atoms with Gasteiger partial charge >= 0.3 is 0 Å². The molecule has 0 bridgehead atoms. The highest BCUT2D eigenvalue weighted by Gasteiger charge is 2.33. The van der Waals surface area contributed by atoms with Crippen LogP contribution in [-0.4, -0.2) is 23.5 Å². The number of benzene rings is 1. The van der Waals surface area contributed by atoms with Gasteiger partial charge in [0, 0.05) is 34.8 Å². The molecule has 1 aromatic carbocycles. The number of nitrogens with one attached hydrogen (secondary N) is 1. The van der Waals surface area contributed by atoms with E-state index in [9.17, 15) is 4.79 Å². The first-order chi connectivity index (χ1) is 9.00. The van der Waals surface area contributed by atoms with Gasteiger partial charge in [-0.05, 0) is 18.6 Å². The molecule has 0 aliphatic carbocycles. The first kappa shape index (κ1) is 12.2. The number of ketones is 1. The van der Waals surface area contributed by atoms with E-state index in [0.717, 1.165) is 11.2 Å². The number of nitrogens with zero attached hydrogens (tertiary/aromatic N) is 1. The molecule has 2 heterocycles. The van der Waals surface area contributed by atoms with Crippen LogP contribution in [0.3, 0.4) is 0 Å². The topological polar surface area (TPSA) is 45.2 Å². The van der Waals surface area contributed by atoms with Gasteiger partial charge in [-0.2, -0.15) is 0 Å². The van der Waals surface area contributed by atoms with Gasteiger partial charge in [0.2, 0.25) is 0 Å². The molecule has 0 fully saturated rings. The van der Waals surface area contributed by atoms with Gasteiger partial charge in [0.15, 0.2) is 0 Å². The van der Waals surface area contributed by atoms with Gasteiger partial charge < -0.3 is 4.98 Å². The van der Waals surface area contributed by atoms with E-state index in [4.69, 9.17) is 0 Å². The van der Waals surface area contributed by atoms with Crippen molar-refractivity contribution in [2.45, 2.75) is 32.1 Å². The van der Waals surface area contributed by atoms with Gasteiger partial charge in [-0.15, -0.1) is 0 Å². The fourth-order valence-corrected chi connectivity index (χ4v) is 2.97. The second kappa shape index (κ2) is 4.05. The minimum atomic E-state index is -0.246. The van der Waals surface area contributed by atoms with Crippen LogP contribution in [0, 0.1) is 0 Å². The summed E-state index contributed by atoms with van der Waals surface area (Å²) in [6, 6.07) is 8.24. The highest BCUT2D eigenvalue weighted by Crippen LogP contribution is 2.38. The molecule has 2 aromatic rings. The molecule has 3 rings (SSSR count). The summed E-state index contributed by atoms with van der Waals surface area (Å²) >= 11 is 0. The summed E-state index contributed by atoms with van der Waals surface area (Å²) in [4.78, 5) is 19.8. The van der Waals surface area contributed by atoms with Crippen molar-refractivity contribution in [1.29, 1.82) is 0 Å². The van der Waals surface area contributed by atoms with Crippen molar-refractivity contribution in [3.05, 3.63) is 35.5 Å². The van der Waals surface area contributed by atoms with Crippen LogP contribution < -0.4 is 0 Å². The summed E-state index contributed by atoms with van der Waals surface area (Å²) < 4.78 is 0. The maximum atomic E-state index is 11.9. The van der Waals surface area contributed by atoms with E-state index in [2.05, 4.69) is 36.0 Å². The average Bonchev–Trinajstić information content (AvgIpc) is 2.67. The molecule has 98 valence electrons. The Morgan fingerprint density at radius 3 is 2.84 bits per heavy atom. The number of rotatable bonds is 1. The molecule has 0 saturated carbocycles. The summed E-state index contributed by atoms with van der Waals surface area (Å²) in [5.74, 6) is -0.113. The Hall–Kier alpha value is -1.90. The van der Waals surface area contributed by atoms with Gasteiger partial charge in [0.05, 0.1) is 5.92 Å². The minimum absolute atomic E-state index is 0.0599. The maximum absolute atomic E-state index is 11.9. The van der Waals surface area contributed by atoms with Crippen molar-refractivity contribution in [2.75, 3.05) is 6.54 Å². The fourth-order valence-electron chi connectivity index (χ4n) is 2.97. The Balaban J connectivity index is 2.36. The molecule has 1 unspecified atom stereocenters. The zero-order valence-electron chi connectivity index (χ0n) is 11.5. The van der Waals surface area contributed by atoms with E-state index in [1.165, 1.54) is 10.9 Å². The van der Waals surface area contributed by atoms with E-state index in [1.54, 1.807) is 13.1 Å². The summed E-state index contributed by atoms with van der Waals surface area (Å²) in [6.07, 6.45) is 1.80. The van der Waals surface area contributed by atoms with Crippen LogP contribution in [0.25, 0.3) is 10.9 Å².